The summed E-state index contributed by atoms with van der Waals surface area (Å²) in [5.41, 5.74) is 1.33. The van der Waals surface area contributed by atoms with Crippen LogP contribution in [0.4, 0.5) is 9.59 Å². The van der Waals surface area contributed by atoms with Crippen LogP contribution in [0.3, 0.4) is 0 Å². The molecule has 0 N–H and O–H groups in total. The molecule has 0 amide bonds. The van der Waals surface area contributed by atoms with E-state index in [0.717, 1.165) is 24.0 Å². The summed E-state index contributed by atoms with van der Waals surface area (Å²) >= 11 is 0. The average molecular weight is 414 g/mol. The first-order chi connectivity index (χ1) is 14.3. The van der Waals surface area contributed by atoms with Gasteiger partial charge in [-0.25, -0.2) is 0 Å². The minimum Gasteiger partial charge on any atom is -0.431 e. The lowest BCUT2D eigenvalue weighted by molar-refractivity contribution is -0.220. The molecule has 30 heavy (non-hydrogen) atoms. The van der Waals surface area contributed by atoms with Crippen molar-refractivity contribution in [1.29, 1.82) is 0 Å². The summed E-state index contributed by atoms with van der Waals surface area (Å²) in [5, 5.41) is 0. The van der Waals surface area contributed by atoms with Gasteiger partial charge >= 0.3 is 12.3 Å². The first-order valence-corrected chi connectivity index (χ1v) is 10.1. The predicted molar refractivity (Wildman–Crippen MR) is 113 cm³/mol. The standard InChI is InChI=1S/C24H30O6/c1-5-23(3,19-13-9-7-10-14-19)17-27-21(25)29-30-22(26)28-18-24(4,6-2)20-15-11-8-12-16-20/h7-16H,5-6,17-18H2,1-4H3. The van der Waals surface area contributed by atoms with Crippen LogP contribution in [0.1, 0.15) is 51.7 Å². The van der Waals surface area contributed by atoms with Crippen molar-refractivity contribution in [3.05, 3.63) is 71.8 Å². The van der Waals surface area contributed by atoms with E-state index in [0.29, 0.717) is 0 Å². The van der Waals surface area contributed by atoms with Crippen LogP contribution in [-0.2, 0) is 30.1 Å². The van der Waals surface area contributed by atoms with Gasteiger partial charge in [-0.2, -0.15) is 19.4 Å². The second-order valence-corrected chi connectivity index (χ2v) is 7.80. The molecule has 162 valence electrons. The Morgan fingerprint density at radius 1 is 0.667 bits per heavy atom. The van der Waals surface area contributed by atoms with Crippen LogP contribution in [0, 0.1) is 0 Å². The van der Waals surface area contributed by atoms with Gasteiger partial charge in [-0.3, -0.25) is 0 Å². The van der Waals surface area contributed by atoms with Gasteiger partial charge in [-0.15, -0.1) is 0 Å². The molecule has 0 spiro atoms. The minimum absolute atomic E-state index is 0.0899. The van der Waals surface area contributed by atoms with Crippen LogP contribution in [0.5, 0.6) is 0 Å². The quantitative estimate of drug-likeness (QED) is 0.302. The highest BCUT2D eigenvalue weighted by molar-refractivity contribution is 5.63. The molecule has 2 rings (SSSR count). The molecule has 2 atom stereocenters. The summed E-state index contributed by atoms with van der Waals surface area (Å²) in [6.45, 7) is 8.17. The van der Waals surface area contributed by atoms with Gasteiger partial charge in [0.1, 0.15) is 13.2 Å². The van der Waals surface area contributed by atoms with Crippen molar-refractivity contribution in [2.24, 2.45) is 0 Å². The van der Waals surface area contributed by atoms with Crippen molar-refractivity contribution in [2.75, 3.05) is 13.2 Å². The Bertz CT molecular complexity index is 737. The van der Waals surface area contributed by atoms with Gasteiger partial charge in [-0.1, -0.05) is 88.4 Å². The average Bonchev–Trinajstić information content (AvgIpc) is 2.80. The van der Waals surface area contributed by atoms with Gasteiger partial charge in [0.15, 0.2) is 0 Å². The maximum absolute atomic E-state index is 11.8. The molecular formula is C24H30O6. The Morgan fingerprint density at radius 2 is 1.00 bits per heavy atom. The topological polar surface area (TPSA) is 71.1 Å². The van der Waals surface area contributed by atoms with Crippen LogP contribution in [-0.4, -0.2) is 25.5 Å². The fourth-order valence-corrected chi connectivity index (χ4v) is 3.01. The molecule has 0 saturated carbocycles. The molecular weight excluding hydrogens is 384 g/mol. The first-order valence-electron chi connectivity index (χ1n) is 10.1. The maximum Gasteiger partial charge on any atom is 0.550 e. The number of ether oxygens (including phenoxy) is 2. The molecule has 2 aromatic carbocycles. The predicted octanol–water partition coefficient (Wildman–Crippen LogP) is 5.94. The summed E-state index contributed by atoms with van der Waals surface area (Å²) in [6.07, 6.45) is -0.683. The second kappa shape index (κ2) is 10.7. The van der Waals surface area contributed by atoms with E-state index in [2.05, 4.69) is 9.78 Å². The number of carbonyl (C=O) groups is 2. The number of rotatable bonds is 8. The fourth-order valence-electron chi connectivity index (χ4n) is 3.01. The molecule has 0 saturated heterocycles. The lowest BCUT2D eigenvalue weighted by Crippen LogP contribution is -2.30. The highest BCUT2D eigenvalue weighted by Crippen LogP contribution is 2.29. The van der Waals surface area contributed by atoms with E-state index < -0.39 is 12.3 Å². The van der Waals surface area contributed by atoms with Crippen molar-refractivity contribution in [3.63, 3.8) is 0 Å². The minimum atomic E-state index is -1.09. The van der Waals surface area contributed by atoms with Gasteiger partial charge in [0, 0.05) is 10.8 Å². The molecule has 2 aromatic rings. The lowest BCUT2D eigenvalue weighted by Gasteiger charge is -2.28. The van der Waals surface area contributed by atoms with E-state index in [1.807, 2.05) is 88.4 Å². The van der Waals surface area contributed by atoms with Crippen LogP contribution in [0.2, 0.25) is 0 Å². The molecule has 0 fully saturated rings. The Morgan fingerprint density at radius 3 is 1.30 bits per heavy atom. The van der Waals surface area contributed by atoms with Crippen LogP contribution >= 0.6 is 0 Å². The fraction of sp³-hybridized carbons (Fsp3) is 0.417. The summed E-state index contributed by atoms with van der Waals surface area (Å²) in [6, 6.07) is 19.5. The molecule has 0 aromatic heterocycles. The van der Waals surface area contributed by atoms with Crippen molar-refractivity contribution in [3.8, 4) is 0 Å². The Hall–Kier alpha value is -3.02. The maximum atomic E-state index is 11.8. The van der Waals surface area contributed by atoms with E-state index in [1.165, 1.54) is 0 Å². The van der Waals surface area contributed by atoms with Crippen LogP contribution < -0.4 is 0 Å². The number of hydrogen-bond acceptors (Lipinski definition) is 6. The van der Waals surface area contributed by atoms with Gasteiger partial charge in [0.2, 0.25) is 0 Å². The van der Waals surface area contributed by atoms with Gasteiger partial charge < -0.3 is 9.47 Å². The van der Waals surface area contributed by atoms with Gasteiger partial charge in [0.25, 0.3) is 0 Å². The Labute approximate surface area is 178 Å². The summed E-state index contributed by atoms with van der Waals surface area (Å²) < 4.78 is 10.3. The zero-order chi connectivity index (χ0) is 22.0. The monoisotopic (exact) mass is 414 g/mol. The van der Waals surface area contributed by atoms with Crippen LogP contribution in [0.15, 0.2) is 60.7 Å². The molecule has 2 unspecified atom stereocenters. The molecule has 0 radical (unpaired) electrons. The van der Waals surface area contributed by atoms with Gasteiger partial charge in [0.05, 0.1) is 0 Å². The number of benzene rings is 2. The third-order valence-electron chi connectivity index (χ3n) is 5.70. The van der Waals surface area contributed by atoms with E-state index in [-0.39, 0.29) is 24.0 Å². The third kappa shape index (κ3) is 6.24. The SMILES string of the molecule is CCC(C)(COC(=O)OOC(=O)OCC(C)(CC)c1ccccc1)c1ccccc1. The summed E-state index contributed by atoms with van der Waals surface area (Å²) in [7, 11) is 0. The molecule has 0 bridgehead atoms. The first kappa shape index (κ1) is 23.3. The van der Waals surface area contributed by atoms with Crippen molar-refractivity contribution < 1.29 is 28.8 Å². The van der Waals surface area contributed by atoms with Crippen molar-refractivity contribution in [1.82, 2.24) is 0 Å². The third-order valence-corrected chi connectivity index (χ3v) is 5.70. The highest BCUT2D eigenvalue weighted by atomic mass is 17.3. The molecule has 0 aliphatic rings. The highest BCUT2D eigenvalue weighted by Gasteiger charge is 2.29. The Kier molecular flexibility index (Phi) is 8.27. The number of hydrogen-bond donors (Lipinski definition) is 0. The molecule has 6 nitrogen and oxygen atoms in total. The molecule has 6 heteroatoms. The van der Waals surface area contributed by atoms with Gasteiger partial charge in [-0.05, 0) is 24.0 Å². The smallest absolute Gasteiger partial charge is 0.431 e. The van der Waals surface area contributed by atoms with E-state index in [9.17, 15) is 9.59 Å². The van der Waals surface area contributed by atoms with E-state index in [4.69, 9.17) is 9.47 Å². The molecule has 0 aliphatic heterocycles. The normalized spacial score (nSPS) is 14.7. The van der Waals surface area contributed by atoms with Crippen molar-refractivity contribution in [2.45, 2.75) is 51.4 Å². The van der Waals surface area contributed by atoms with Crippen molar-refractivity contribution >= 4 is 12.3 Å². The van der Waals surface area contributed by atoms with E-state index in [1.54, 1.807) is 0 Å². The Balaban J connectivity index is 1.79. The molecule has 0 heterocycles. The second-order valence-electron chi connectivity index (χ2n) is 7.80. The van der Waals surface area contributed by atoms with E-state index >= 15 is 0 Å². The number of carbonyl (C=O) groups excluding carboxylic acids is 2. The summed E-state index contributed by atoms with van der Waals surface area (Å²) in [5.74, 6) is 0. The summed E-state index contributed by atoms with van der Waals surface area (Å²) in [4.78, 5) is 32.6. The zero-order valence-corrected chi connectivity index (χ0v) is 18.1. The zero-order valence-electron chi connectivity index (χ0n) is 18.1. The lowest BCUT2D eigenvalue weighted by atomic mass is 9.81. The largest absolute Gasteiger partial charge is 0.550 e. The van der Waals surface area contributed by atoms with Crippen LogP contribution in [0.25, 0.3) is 0 Å². The molecule has 0 aliphatic carbocycles.